The van der Waals surface area contributed by atoms with Gasteiger partial charge >= 0.3 is 5.97 Å². The van der Waals surface area contributed by atoms with E-state index in [-0.39, 0.29) is 19.1 Å². The molecule has 6 heteroatoms. The topological polar surface area (TPSA) is 46.6 Å². The molecule has 0 bridgehead atoms. The van der Waals surface area contributed by atoms with E-state index in [0.29, 0.717) is 15.1 Å². The number of amides is 1. The maximum Gasteiger partial charge on any atom is 0.326 e. The first-order valence-corrected chi connectivity index (χ1v) is 8.65. The van der Waals surface area contributed by atoms with Crippen LogP contribution in [0.3, 0.4) is 0 Å². The molecule has 23 heavy (non-hydrogen) atoms. The predicted octanol–water partition coefficient (Wildman–Crippen LogP) is 3.57. The van der Waals surface area contributed by atoms with Crippen LogP contribution in [0, 0.1) is 0 Å². The van der Waals surface area contributed by atoms with Gasteiger partial charge in [0.2, 0.25) is 0 Å². The average molecular weight is 349 g/mol. The predicted molar refractivity (Wildman–Crippen MR) is 97.0 cm³/mol. The molecule has 1 aromatic carbocycles. The summed E-state index contributed by atoms with van der Waals surface area (Å²) in [6.07, 6.45) is 1.80. The van der Waals surface area contributed by atoms with Gasteiger partial charge in [0.1, 0.15) is 10.9 Å². The average Bonchev–Trinajstić information content (AvgIpc) is 2.76. The Balaban J connectivity index is 2.13. The van der Waals surface area contributed by atoms with Gasteiger partial charge in [-0.3, -0.25) is 14.5 Å². The second-order valence-corrected chi connectivity index (χ2v) is 7.07. The van der Waals surface area contributed by atoms with Crippen molar-refractivity contribution in [3.8, 4) is 0 Å². The fourth-order valence-corrected chi connectivity index (χ4v) is 3.36. The van der Waals surface area contributed by atoms with Crippen LogP contribution in [-0.2, 0) is 14.3 Å². The van der Waals surface area contributed by atoms with E-state index < -0.39 is 5.97 Å². The summed E-state index contributed by atoms with van der Waals surface area (Å²) < 4.78 is 5.25. The molecule has 0 unspecified atom stereocenters. The van der Waals surface area contributed by atoms with Gasteiger partial charge in [0.05, 0.1) is 11.5 Å². The summed E-state index contributed by atoms with van der Waals surface area (Å²) >= 11 is 6.40. The number of nitrogens with zero attached hydrogens (tertiary/aromatic N) is 1. The van der Waals surface area contributed by atoms with Crippen molar-refractivity contribution >= 4 is 46.3 Å². The number of thioether (sulfide) groups is 1. The highest BCUT2D eigenvalue weighted by Gasteiger charge is 2.33. The zero-order valence-corrected chi connectivity index (χ0v) is 15.0. The molecule has 0 spiro atoms. The van der Waals surface area contributed by atoms with Crippen LogP contribution in [0.2, 0.25) is 0 Å². The first-order chi connectivity index (χ1) is 10.9. The van der Waals surface area contributed by atoms with Crippen molar-refractivity contribution in [3.05, 3.63) is 40.3 Å². The molecule has 0 saturated carbocycles. The van der Waals surface area contributed by atoms with Crippen molar-refractivity contribution in [2.75, 3.05) is 13.2 Å². The third-order valence-corrected chi connectivity index (χ3v) is 4.74. The molecular formula is C17H19NO3S2. The molecule has 1 aromatic rings. The summed E-state index contributed by atoms with van der Waals surface area (Å²) in [5.74, 6) is -0.237. The van der Waals surface area contributed by atoms with Gasteiger partial charge in [0, 0.05) is 0 Å². The van der Waals surface area contributed by atoms with Crippen molar-refractivity contribution in [1.29, 1.82) is 0 Å². The molecule has 4 nitrogen and oxygen atoms in total. The maximum atomic E-state index is 12.4. The number of carbonyl (C=O) groups excluding carboxylic acids is 2. The van der Waals surface area contributed by atoms with E-state index >= 15 is 0 Å². The van der Waals surface area contributed by atoms with Crippen molar-refractivity contribution in [2.45, 2.75) is 26.7 Å². The zero-order chi connectivity index (χ0) is 17.0. The highest BCUT2D eigenvalue weighted by atomic mass is 32.2. The number of hydrogen-bond acceptors (Lipinski definition) is 5. The van der Waals surface area contributed by atoms with E-state index in [1.54, 1.807) is 13.0 Å². The molecule has 1 aliphatic heterocycles. The van der Waals surface area contributed by atoms with E-state index in [9.17, 15) is 9.59 Å². The molecule has 1 heterocycles. The quantitative estimate of drug-likeness (QED) is 0.462. The first kappa shape index (κ1) is 17.7. The van der Waals surface area contributed by atoms with Crippen LogP contribution < -0.4 is 0 Å². The van der Waals surface area contributed by atoms with Gasteiger partial charge in [-0.05, 0) is 30.0 Å². The molecule has 2 rings (SSSR count). The Kier molecular flexibility index (Phi) is 5.96. The van der Waals surface area contributed by atoms with E-state index in [1.807, 2.05) is 12.1 Å². The molecule has 1 aliphatic rings. The fourth-order valence-electron chi connectivity index (χ4n) is 2.10. The Bertz CT molecular complexity index is 650. The molecule has 0 aromatic heterocycles. The Hall–Kier alpha value is -1.66. The number of thiocarbonyl (C=S) groups is 1. The second-order valence-electron chi connectivity index (χ2n) is 5.39. The first-order valence-electron chi connectivity index (χ1n) is 7.43. The molecule has 1 amide bonds. The number of ether oxygens (including phenoxy) is 1. The third-order valence-electron chi connectivity index (χ3n) is 3.37. The third kappa shape index (κ3) is 4.42. The molecule has 1 fully saturated rings. The van der Waals surface area contributed by atoms with Crippen LogP contribution in [0.1, 0.15) is 37.8 Å². The van der Waals surface area contributed by atoms with E-state index in [1.165, 1.54) is 22.2 Å². The standard InChI is InChI=1S/C17H19NO3S2/c1-4-21-15(19)10-18-16(20)14(23-17(18)22)9-12-5-7-13(8-6-12)11(2)3/h5-9,11H,4,10H2,1-3H3. The molecule has 1 saturated heterocycles. The lowest BCUT2D eigenvalue weighted by Crippen LogP contribution is -2.34. The van der Waals surface area contributed by atoms with Crippen LogP contribution in [0.25, 0.3) is 6.08 Å². The van der Waals surface area contributed by atoms with Gasteiger partial charge in [-0.25, -0.2) is 0 Å². The molecular weight excluding hydrogens is 330 g/mol. The van der Waals surface area contributed by atoms with Crippen molar-refractivity contribution in [3.63, 3.8) is 0 Å². The van der Waals surface area contributed by atoms with Gasteiger partial charge in [-0.15, -0.1) is 0 Å². The van der Waals surface area contributed by atoms with Crippen LogP contribution >= 0.6 is 24.0 Å². The van der Waals surface area contributed by atoms with Crippen LogP contribution in [-0.4, -0.2) is 34.2 Å². The number of rotatable bonds is 5. The lowest BCUT2D eigenvalue weighted by Gasteiger charge is -2.12. The highest BCUT2D eigenvalue weighted by molar-refractivity contribution is 8.26. The fraction of sp³-hybridized carbons (Fsp3) is 0.353. The molecule has 122 valence electrons. The summed E-state index contributed by atoms with van der Waals surface area (Å²) in [5.41, 5.74) is 2.18. The van der Waals surface area contributed by atoms with Crippen molar-refractivity contribution in [1.82, 2.24) is 4.90 Å². The lowest BCUT2D eigenvalue weighted by atomic mass is 10.0. The number of hydrogen-bond donors (Lipinski definition) is 0. The van der Waals surface area contributed by atoms with Gasteiger partial charge < -0.3 is 4.74 Å². The lowest BCUT2D eigenvalue weighted by molar-refractivity contribution is -0.145. The molecule has 0 atom stereocenters. The Morgan fingerprint density at radius 2 is 2.00 bits per heavy atom. The molecule has 0 N–H and O–H groups in total. The van der Waals surface area contributed by atoms with E-state index in [0.717, 1.165) is 5.56 Å². The second kappa shape index (κ2) is 7.75. The maximum absolute atomic E-state index is 12.4. The zero-order valence-electron chi connectivity index (χ0n) is 13.4. The molecule has 0 radical (unpaired) electrons. The summed E-state index contributed by atoms with van der Waals surface area (Å²) in [7, 11) is 0. The largest absolute Gasteiger partial charge is 0.465 e. The number of benzene rings is 1. The van der Waals surface area contributed by atoms with Crippen LogP contribution in [0.5, 0.6) is 0 Å². The Morgan fingerprint density at radius 3 is 2.57 bits per heavy atom. The number of carbonyl (C=O) groups is 2. The SMILES string of the molecule is CCOC(=O)CN1C(=O)C(=Cc2ccc(C(C)C)cc2)SC1=S. The van der Waals surface area contributed by atoms with E-state index in [4.69, 9.17) is 17.0 Å². The summed E-state index contributed by atoms with van der Waals surface area (Å²) in [4.78, 5) is 25.7. The van der Waals surface area contributed by atoms with Crippen molar-refractivity contribution in [2.24, 2.45) is 0 Å². The van der Waals surface area contributed by atoms with Crippen LogP contribution in [0.15, 0.2) is 29.2 Å². The minimum Gasteiger partial charge on any atom is -0.465 e. The monoisotopic (exact) mass is 349 g/mol. The van der Waals surface area contributed by atoms with Gasteiger partial charge in [-0.1, -0.05) is 62.1 Å². The Morgan fingerprint density at radius 1 is 1.35 bits per heavy atom. The number of esters is 1. The summed E-state index contributed by atoms with van der Waals surface area (Å²) in [6, 6.07) is 8.06. The minimum atomic E-state index is -0.452. The minimum absolute atomic E-state index is 0.137. The molecule has 0 aliphatic carbocycles. The normalized spacial score (nSPS) is 16.5. The highest BCUT2D eigenvalue weighted by Crippen LogP contribution is 2.32. The smallest absolute Gasteiger partial charge is 0.326 e. The van der Waals surface area contributed by atoms with E-state index in [2.05, 4.69) is 26.0 Å². The van der Waals surface area contributed by atoms with Crippen molar-refractivity contribution < 1.29 is 14.3 Å². The summed E-state index contributed by atoms with van der Waals surface area (Å²) in [5, 5.41) is 0. The van der Waals surface area contributed by atoms with Gasteiger partial charge in [0.15, 0.2) is 0 Å². The van der Waals surface area contributed by atoms with Gasteiger partial charge in [-0.2, -0.15) is 0 Å². The van der Waals surface area contributed by atoms with Gasteiger partial charge in [0.25, 0.3) is 5.91 Å². The summed E-state index contributed by atoms with van der Waals surface area (Å²) in [6.45, 7) is 6.14. The van der Waals surface area contributed by atoms with Crippen LogP contribution in [0.4, 0.5) is 0 Å². The Labute approximate surface area is 145 Å².